The lowest BCUT2D eigenvalue weighted by Gasteiger charge is -2.07. The molecule has 7 nitrogen and oxygen atoms in total. The summed E-state index contributed by atoms with van der Waals surface area (Å²) < 4.78 is 103. The highest BCUT2D eigenvalue weighted by molar-refractivity contribution is 7.90. The standard InChI is InChI=1S/C15H8F4N2O5S2/c16-9-1-3-13(11(18)7-9)27(23,24)20-5-6-21(15(20)22)28(25,26)14-4-2-10(17)8-12(14)19/h1-8H. The lowest BCUT2D eigenvalue weighted by Crippen LogP contribution is -2.33. The minimum Gasteiger partial charge on any atom is -0.245 e. The summed E-state index contributed by atoms with van der Waals surface area (Å²) in [7, 11) is -9.86. The SMILES string of the molecule is O=c1n(S(=O)(=O)c2ccc(F)cc2F)ccn1S(=O)(=O)c1ccc(F)cc1F. The summed E-state index contributed by atoms with van der Waals surface area (Å²) in [4.78, 5) is 10.2. The largest absolute Gasteiger partial charge is 0.356 e. The lowest BCUT2D eigenvalue weighted by atomic mass is 10.3. The van der Waals surface area contributed by atoms with Crippen LogP contribution >= 0.6 is 0 Å². The molecule has 0 aliphatic carbocycles. The zero-order chi connectivity index (χ0) is 20.9. The molecule has 0 N–H and O–H groups in total. The predicted molar refractivity (Wildman–Crippen MR) is 86.6 cm³/mol. The third kappa shape index (κ3) is 3.11. The van der Waals surface area contributed by atoms with E-state index in [4.69, 9.17) is 0 Å². The highest BCUT2D eigenvalue weighted by atomic mass is 32.2. The molecule has 0 fully saturated rings. The number of hydrogen-bond donors (Lipinski definition) is 0. The van der Waals surface area contributed by atoms with Crippen molar-refractivity contribution in [2.45, 2.75) is 9.79 Å². The second-order valence-corrected chi connectivity index (χ2v) is 8.90. The van der Waals surface area contributed by atoms with Crippen molar-refractivity contribution in [3.63, 3.8) is 0 Å². The zero-order valence-corrected chi connectivity index (χ0v) is 15.0. The Morgan fingerprint density at radius 2 is 1.00 bits per heavy atom. The van der Waals surface area contributed by atoms with Gasteiger partial charge in [0.1, 0.15) is 33.1 Å². The van der Waals surface area contributed by atoms with Gasteiger partial charge in [-0.25, -0.2) is 39.2 Å². The highest BCUT2D eigenvalue weighted by Crippen LogP contribution is 2.20. The van der Waals surface area contributed by atoms with E-state index in [1.54, 1.807) is 0 Å². The molecule has 0 spiro atoms. The van der Waals surface area contributed by atoms with Gasteiger partial charge in [-0.2, -0.15) is 7.94 Å². The Kier molecular flexibility index (Phi) is 4.67. The van der Waals surface area contributed by atoms with E-state index in [9.17, 15) is 39.2 Å². The minimum absolute atomic E-state index is 0.109. The van der Waals surface area contributed by atoms with Crippen LogP contribution in [0.25, 0.3) is 0 Å². The Balaban J connectivity index is 2.18. The van der Waals surface area contributed by atoms with Gasteiger partial charge in [-0.1, -0.05) is 0 Å². The van der Waals surface area contributed by atoms with Crippen molar-refractivity contribution in [2.75, 3.05) is 0 Å². The summed E-state index contributed by atoms with van der Waals surface area (Å²) in [6.07, 6.45) is 0.999. The van der Waals surface area contributed by atoms with Crippen LogP contribution in [0.1, 0.15) is 0 Å². The van der Waals surface area contributed by atoms with E-state index in [0.29, 0.717) is 36.7 Å². The van der Waals surface area contributed by atoms with Crippen LogP contribution in [0.5, 0.6) is 0 Å². The number of hydrogen-bond acceptors (Lipinski definition) is 5. The Labute approximate surface area is 155 Å². The van der Waals surface area contributed by atoms with Crippen LogP contribution in [0.4, 0.5) is 17.6 Å². The molecule has 1 heterocycles. The van der Waals surface area contributed by atoms with Crippen LogP contribution in [-0.2, 0) is 20.0 Å². The molecule has 1 aromatic heterocycles. The van der Waals surface area contributed by atoms with Gasteiger partial charge >= 0.3 is 5.69 Å². The number of nitrogens with zero attached hydrogens (tertiary/aromatic N) is 2. The van der Waals surface area contributed by atoms with Crippen LogP contribution in [0.3, 0.4) is 0 Å². The average molecular weight is 436 g/mol. The van der Waals surface area contributed by atoms with Crippen molar-refractivity contribution in [3.8, 4) is 0 Å². The topological polar surface area (TPSA) is 95.2 Å². The fourth-order valence-corrected chi connectivity index (χ4v) is 4.88. The van der Waals surface area contributed by atoms with E-state index in [2.05, 4.69) is 0 Å². The summed E-state index contributed by atoms with van der Waals surface area (Å²) >= 11 is 0. The van der Waals surface area contributed by atoms with Gasteiger partial charge in [0.25, 0.3) is 20.0 Å². The minimum atomic E-state index is -4.93. The van der Waals surface area contributed by atoms with Crippen LogP contribution in [0.15, 0.2) is 63.4 Å². The maximum absolute atomic E-state index is 13.8. The van der Waals surface area contributed by atoms with Crippen molar-refractivity contribution >= 4 is 20.0 Å². The molecule has 0 amide bonds. The van der Waals surface area contributed by atoms with Crippen molar-refractivity contribution in [1.29, 1.82) is 0 Å². The van der Waals surface area contributed by atoms with Crippen molar-refractivity contribution in [2.24, 2.45) is 0 Å². The maximum Gasteiger partial charge on any atom is 0.356 e. The first kappa shape index (κ1) is 19.8. The number of imidazole rings is 1. The molecule has 148 valence electrons. The molecular formula is C15H8F4N2O5S2. The van der Waals surface area contributed by atoms with Gasteiger partial charge in [-0.15, -0.1) is 0 Å². The first-order valence-electron chi connectivity index (χ1n) is 7.17. The number of benzene rings is 2. The van der Waals surface area contributed by atoms with Gasteiger partial charge in [0.2, 0.25) is 0 Å². The number of rotatable bonds is 4. The smallest absolute Gasteiger partial charge is 0.245 e. The predicted octanol–water partition coefficient (Wildman–Crippen LogP) is 1.68. The number of halogens is 4. The molecule has 0 aliphatic rings. The van der Waals surface area contributed by atoms with E-state index in [-0.39, 0.29) is 20.1 Å². The third-order valence-electron chi connectivity index (χ3n) is 3.58. The molecule has 0 radical (unpaired) electrons. The van der Waals surface area contributed by atoms with Crippen LogP contribution in [0.2, 0.25) is 0 Å². The molecule has 0 atom stereocenters. The quantitative estimate of drug-likeness (QED) is 0.580. The first-order valence-corrected chi connectivity index (χ1v) is 10.1. The van der Waals surface area contributed by atoms with E-state index in [1.807, 2.05) is 0 Å². The van der Waals surface area contributed by atoms with E-state index in [1.165, 1.54) is 0 Å². The normalized spacial score (nSPS) is 12.3. The summed E-state index contributed by atoms with van der Waals surface area (Å²) in [6.45, 7) is 0. The highest BCUT2D eigenvalue weighted by Gasteiger charge is 2.29. The first-order chi connectivity index (χ1) is 13.0. The van der Waals surface area contributed by atoms with Gasteiger partial charge in [0, 0.05) is 24.5 Å². The summed E-state index contributed by atoms with van der Waals surface area (Å²) in [6, 6.07) is 2.89. The zero-order valence-electron chi connectivity index (χ0n) is 13.4. The lowest BCUT2D eigenvalue weighted by molar-refractivity contribution is 0.544. The molecule has 28 heavy (non-hydrogen) atoms. The van der Waals surface area contributed by atoms with Gasteiger partial charge in [-0.3, -0.25) is 0 Å². The van der Waals surface area contributed by atoms with Gasteiger partial charge < -0.3 is 0 Å². The molecule has 2 aromatic carbocycles. The Morgan fingerprint density at radius 3 is 1.32 bits per heavy atom. The van der Waals surface area contributed by atoms with Gasteiger partial charge in [-0.05, 0) is 24.3 Å². The summed E-state index contributed by atoms with van der Waals surface area (Å²) in [5.41, 5.74) is -1.69. The van der Waals surface area contributed by atoms with Crippen LogP contribution < -0.4 is 5.69 Å². The average Bonchev–Trinajstić information content (AvgIpc) is 2.97. The van der Waals surface area contributed by atoms with Crippen molar-refractivity contribution in [1.82, 2.24) is 7.94 Å². The second kappa shape index (κ2) is 6.60. The van der Waals surface area contributed by atoms with E-state index < -0.39 is 58.8 Å². The fourth-order valence-electron chi connectivity index (χ4n) is 2.29. The number of aromatic nitrogens is 2. The van der Waals surface area contributed by atoms with Crippen LogP contribution in [-0.4, -0.2) is 24.8 Å². The summed E-state index contributed by atoms with van der Waals surface area (Å²) in [5, 5.41) is 0. The van der Waals surface area contributed by atoms with Crippen LogP contribution in [0, 0.1) is 23.3 Å². The van der Waals surface area contributed by atoms with E-state index in [0.717, 1.165) is 0 Å². The Bertz CT molecular complexity index is 1260. The molecule has 3 aromatic rings. The maximum atomic E-state index is 13.8. The van der Waals surface area contributed by atoms with Crippen molar-refractivity contribution in [3.05, 3.63) is 82.5 Å². The summed E-state index contributed by atoms with van der Waals surface area (Å²) in [5.74, 6) is -5.16. The third-order valence-corrected chi connectivity index (χ3v) is 6.94. The molecule has 13 heteroatoms. The second-order valence-electron chi connectivity index (χ2n) is 5.33. The Morgan fingerprint density at radius 1 is 0.643 bits per heavy atom. The monoisotopic (exact) mass is 436 g/mol. The molecule has 0 aliphatic heterocycles. The molecule has 0 unspecified atom stereocenters. The van der Waals surface area contributed by atoms with Gasteiger partial charge in [0.15, 0.2) is 0 Å². The van der Waals surface area contributed by atoms with E-state index >= 15 is 0 Å². The van der Waals surface area contributed by atoms with Crippen molar-refractivity contribution < 1.29 is 34.4 Å². The fraction of sp³-hybridized carbons (Fsp3) is 0. The van der Waals surface area contributed by atoms with Gasteiger partial charge in [0.05, 0.1) is 0 Å². The molecule has 0 bridgehead atoms. The molecular weight excluding hydrogens is 428 g/mol. The molecule has 0 saturated carbocycles. The molecule has 3 rings (SSSR count). The molecule has 0 saturated heterocycles. The Hall–Kier alpha value is -2.93.